The molecule has 4 heterocycles. The van der Waals surface area contributed by atoms with Crippen LogP contribution in [0.25, 0.3) is 22.3 Å². The number of nitrogens with zero attached hydrogens (tertiary/aromatic N) is 1. The number of aliphatic hydroxyl groups is 2. The van der Waals surface area contributed by atoms with Gasteiger partial charge >= 0.3 is 0 Å². The Balaban J connectivity index is 1.33. The maximum absolute atomic E-state index is 12.0. The number of fused-ring (bicyclic) bond motifs is 2. The smallest absolute Gasteiger partial charge is 0.204 e. The summed E-state index contributed by atoms with van der Waals surface area (Å²) >= 11 is 6.55. The summed E-state index contributed by atoms with van der Waals surface area (Å²) in [6.45, 7) is 0.589. The Morgan fingerprint density at radius 3 is 2.67 bits per heavy atom. The normalized spacial score (nSPS) is 27.6. The standard InChI is InChI=1S/C24H23ClN2O6/c25-15-7-16-20(27-19(15)12-1-3-13(4-2-12)24(11-29)5-6-24)14(8-28)23(26-16)33-18-10-32-21-17(30)9-31-22(18)21/h1-4,7-8,17-18,21-22,26,29-30H,5-6,9-11H2/t17-,18-,21?,22?/m1/s1. The lowest BCUT2D eigenvalue weighted by molar-refractivity contribution is 0.00784. The molecule has 3 N–H and O–H groups in total. The van der Waals surface area contributed by atoms with Gasteiger partial charge in [0.05, 0.1) is 36.1 Å². The zero-order valence-electron chi connectivity index (χ0n) is 17.7. The van der Waals surface area contributed by atoms with Gasteiger partial charge in [-0.1, -0.05) is 35.9 Å². The van der Waals surface area contributed by atoms with Crippen LogP contribution in [0.4, 0.5) is 0 Å². The summed E-state index contributed by atoms with van der Waals surface area (Å²) < 4.78 is 17.3. The number of halogens is 1. The molecular weight excluding hydrogens is 448 g/mol. The second-order valence-electron chi connectivity index (χ2n) is 9.04. The lowest BCUT2D eigenvalue weighted by Crippen LogP contribution is -2.34. The Hall–Kier alpha value is -2.49. The Bertz CT molecular complexity index is 1220. The lowest BCUT2D eigenvalue weighted by Gasteiger charge is -2.17. The number of hydrogen-bond acceptors (Lipinski definition) is 7. The molecule has 9 heteroatoms. The summed E-state index contributed by atoms with van der Waals surface area (Å²) in [5.74, 6) is 0.272. The number of nitrogens with one attached hydrogen (secondary N) is 1. The van der Waals surface area contributed by atoms with Crippen LogP contribution in [-0.4, -0.2) is 70.7 Å². The van der Waals surface area contributed by atoms with E-state index in [2.05, 4.69) is 4.98 Å². The number of aldehydes is 1. The number of aliphatic hydroxyl groups excluding tert-OH is 2. The van der Waals surface area contributed by atoms with Crippen LogP contribution in [0.1, 0.15) is 28.8 Å². The monoisotopic (exact) mass is 470 g/mol. The van der Waals surface area contributed by atoms with Gasteiger partial charge in [-0.3, -0.25) is 4.79 Å². The van der Waals surface area contributed by atoms with E-state index in [1.54, 1.807) is 6.07 Å². The van der Waals surface area contributed by atoms with Crippen LogP contribution in [-0.2, 0) is 14.9 Å². The molecule has 0 bridgehead atoms. The minimum atomic E-state index is -0.682. The van der Waals surface area contributed by atoms with Crippen LogP contribution in [0.2, 0.25) is 5.02 Å². The topological polar surface area (TPSA) is 114 Å². The molecule has 0 amide bonds. The number of benzene rings is 1. The number of H-pyrrole nitrogens is 1. The molecule has 0 radical (unpaired) electrons. The van der Waals surface area contributed by atoms with E-state index in [-0.39, 0.29) is 31.1 Å². The van der Waals surface area contributed by atoms with Crippen molar-refractivity contribution in [1.82, 2.24) is 9.97 Å². The summed E-state index contributed by atoms with van der Waals surface area (Å²) in [5.41, 5.74) is 3.70. The van der Waals surface area contributed by atoms with Crippen molar-refractivity contribution in [2.45, 2.75) is 42.7 Å². The van der Waals surface area contributed by atoms with Crippen molar-refractivity contribution >= 4 is 28.9 Å². The Morgan fingerprint density at radius 1 is 1.21 bits per heavy atom. The van der Waals surface area contributed by atoms with Gasteiger partial charge < -0.3 is 29.4 Å². The van der Waals surface area contributed by atoms with Crippen molar-refractivity contribution in [2.75, 3.05) is 19.8 Å². The van der Waals surface area contributed by atoms with Gasteiger partial charge in [-0.05, 0) is 24.5 Å². The molecule has 8 nitrogen and oxygen atoms in total. The van der Waals surface area contributed by atoms with Gasteiger partial charge in [0.1, 0.15) is 29.4 Å². The minimum Gasteiger partial charge on any atom is -0.470 e. The highest BCUT2D eigenvalue weighted by Gasteiger charge is 2.48. The number of pyridine rings is 1. The molecule has 1 saturated carbocycles. The molecule has 1 aliphatic carbocycles. The van der Waals surface area contributed by atoms with Crippen molar-refractivity contribution in [3.8, 4) is 17.1 Å². The van der Waals surface area contributed by atoms with Gasteiger partial charge in [-0.15, -0.1) is 0 Å². The third kappa shape index (κ3) is 3.36. The second kappa shape index (κ2) is 7.78. The van der Waals surface area contributed by atoms with Crippen molar-refractivity contribution < 1.29 is 29.2 Å². The van der Waals surface area contributed by atoms with Gasteiger partial charge in [0.2, 0.25) is 5.88 Å². The van der Waals surface area contributed by atoms with Gasteiger partial charge in [0.15, 0.2) is 12.4 Å². The zero-order valence-corrected chi connectivity index (χ0v) is 18.4. The summed E-state index contributed by atoms with van der Waals surface area (Å²) in [6.07, 6.45) is 0.714. The van der Waals surface area contributed by atoms with Crippen LogP contribution in [0.15, 0.2) is 30.3 Å². The van der Waals surface area contributed by atoms with E-state index in [0.717, 1.165) is 24.0 Å². The molecular formula is C24H23ClN2O6. The van der Waals surface area contributed by atoms with Crippen LogP contribution < -0.4 is 4.74 Å². The quantitative estimate of drug-likeness (QED) is 0.474. The number of rotatable bonds is 6. The molecule has 1 aromatic carbocycles. The molecule has 3 fully saturated rings. The van der Waals surface area contributed by atoms with Crippen LogP contribution >= 0.6 is 11.6 Å². The Labute approximate surface area is 194 Å². The van der Waals surface area contributed by atoms with E-state index in [1.807, 2.05) is 24.3 Å². The molecule has 2 aromatic heterocycles. The van der Waals surface area contributed by atoms with E-state index in [1.165, 1.54) is 0 Å². The predicted octanol–water partition coefficient (Wildman–Crippen LogP) is 2.63. The van der Waals surface area contributed by atoms with Gasteiger partial charge in [0.25, 0.3) is 0 Å². The fourth-order valence-corrected chi connectivity index (χ4v) is 5.12. The highest BCUT2D eigenvalue weighted by atomic mass is 35.5. The third-order valence-corrected chi connectivity index (χ3v) is 7.31. The molecule has 172 valence electrons. The Kier molecular flexibility index (Phi) is 4.97. The fraction of sp³-hybridized carbons (Fsp3) is 0.417. The molecule has 3 aliphatic rings. The summed E-state index contributed by atoms with van der Waals surface area (Å²) in [4.78, 5) is 19.8. The van der Waals surface area contributed by atoms with Crippen LogP contribution in [0, 0.1) is 0 Å². The van der Waals surface area contributed by atoms with Crippen LogP contribution in [0.3, 0.4) is 0 Å². The lowest BCUT2D eigenvalue weighted by atomic mass is 9.95. The second-order valence-corrected chi connectivity index (χ2v) is 9.44. The summed E-state index contributed by atoms with van der Waals surface area (Å²) in [5, 5.41) is 20.1. The first kappa shape index (κ1) is 21.1. The maximum atomic E-state index is 12.0. The van der Waals surface area contributed by atoms with Crippen LogP contribution in [0.5, 0.6) is 5.88 Å². The first-order valence-electron chi connectivity index (χ1n) is 11.0. The van der Waals surface area contributed by atoms with Crippen molar-refractivity contribution in [2.24, 2.45) is 0 Å². The van der Waals surface area contributed by atoms with Crippen molar-refractivity contribution in [3.63, 3.8) is 0 Å². The molecule has 3 aromatic rings. The van der Waals surface area contributed by atoms with E-state index in [0.29, 0.717) is 33.6 Å². The summed E-state index contributed by atoms with van der Waals surface area (Å²) in [7, 11) is 0. The molecule has 2 saturated heterocycles. The number of carbonyl (C=O) groups is 1. The van der Waals surface area contributed by atoms with Gasteiger partial charge in [-0.25, -0.2) is 4.98 Å². The molecule has 2 aliphatic heterocycles. The molecule has 4 atom stereocenters. The highest BCUT2D eigenvalue weighted by molar-refractivity contribution is 6.33. The number of aromatic amines is 1. The van der Waals surface area contributed by atoms with Crippen molar-refractivity contribution in [1.29, 1.82) is 0 Å². The number of hydrogen-bond donors (Lipinski definition) is 3. The van der Waals surface area contributed by atoms with Gasteiger partial charge in [-0.2, -0.15) is 0 Å². The van der Waals surface area contributed by atoms with E-state index >= 15 is 0 Å². The molecule has 0 spiro atoms. The maximum Gasteiger partial charge on any atom is 0.204 e. The SMILES string of the molecule is O=Cc1c(O[C@@H]2COC3C2OC[C@H]3O)[nH]c2cc(Cl)c(-c3ccc(C4(CO)CC4)cc3)nc12. The number of aromatic nitrogens is 2. The molecule has 6 rings (SSSR count). The number of ether oxygens (including phenoxy) is 3. The average Bonchev–Trinajstić information content (AvgIpc) is 3.23. The Morgan fingerprint density at radius 2 is 1.97 bits per heavy atom. The fourth-order valence-electron chi connectivity index (χ4n) is 4.86. The molecule has 33 heavy (non-hydrogen) atoms. The zero-order chi connectivity index (χ0) is 22.7. The predicted molar refractivity (Wildman–Crippen MR) is 120 cm³/mol. The first-order valence-corrected chi connectivity index (χ1v) is 11.4. The van der Waals surface area contributed by atoms with Gasteiger partial charge in [0, 0.05) is 11.0 Å². The minimum absolute atomic E-state index is 0.112. The summed E-state index contributed by atoms with van der Waals surface area (Å²) in [6, 6.07) is 9.61. The highest BCUT2D eigenvalue weighted by Crippen LogP contribution is 2.48. The van der Waals surface area contributed by atoms with E-state index in [4.69, 9.17) is 30.8 Å². The number of carbonyl (C=O) groups excluding carboxylic acids is 1. The first-order chi connectivity index (χ1) is 16.0. The third-order valence-electron chi connectivity index (χ3n) is 7.02. The average molecular weight is 471 g/mol. The van der Waals surface area contributed by atoms with E-state index in [9.17, 15) is 15.0 Å². The van der Waals surface area contributed by atoms with Crippen molar-refractivity contribution in [3.05, 3.63) is 46.5 Å². The largest absolute Gasteiger partial charge is 0.470 e. The molecule has 2 unspecified atom stereocenters. The van der Waals surface area contributed by atoms with E-state index < -0.39 is 24.4 Å².